The molecular formula is C15H11NO5S. The standard InChI is InChI=1S/C15H11NO5S/c1-9-5-6-10-11(3-2-4-12(10)22(19,20)21)15(9)16-13(17)7-8-14(16)18/h2-8H,1H3,(H,19,20,21). The summed E-state index contributed by atoms with van der Waals surface area (Å²) in [6.07, 6.45) is 2.32. The maximum atomic E-state index is 11.9. The number of nitrogens with zero attached hydrogens (tertiary/aromatic N) is 1. The lowest BCUT2D eigenvalue weighted by atomic mass is 10.0. The van der Waals surface area contributed by atoms with Gasteiger partial charge in [-0.3, -0.25) is 14.1 Å². The average Bonchev–Trinajstić information content (AvgIpc) is 2.77. The average molecular weight is 317 g/mol. The Balaban J connectivity index is 2.39. The van der Waals surface area contributed by atoms with E-state index in [0.717, 1.165) is 17.1 Å². The Morgan fingerprint density at radius 3 is 2.18 bits per heavy atom. The third-order valence-electron chi connectivity index (χ3n) is 3.51. The minimum atomic E-state index is -4.41. The summed E-state index contributed by atoms with van der Waals surface area (Å²) in [5, 5.41) is 0.652. The van der Waals surface area contributed by atoms with Gasteiger partial charge in [0.15, 0.2) is 0 Å². The van der Waals surface area contributed by atoms with Gasteiger partial charge >= 0.3 is 0 Å². The number of imide groups is 1. The molecule has 6 nitrogen and oxygen atoms in total. The summed E-state index contributed by atoms with van der Waals surface area (Å²) < 4.78 is 32.3. The Labute approximate surface area is 126 Å². The van der Waals surface area contributed by atoms with Gasteiger partial charge in [-0.2, -0.15) is 8.42 Å². The SMILES string of the molecule is Cc1ccc2c(S(=O)(=O)O)cccc2c1N1C(=O)C=CC1=O. The van der Waals surface area contributed by atoms with Gasteiger partial charge in [0.05, 0.1) is 5.69 Å². The van der Waals surface area contributed by atoms with Crippen LogP contribution in [0.2, 0.25) is 0 Å². The minimum absolute atomic E-state index is 0.248. The van der Waals surface area contributed by atoms with Gasteiger partial charge in [-0.05, 0) is 18.6 Å². The largest absolute Gasteiger partial charge is 0.295 e. The lowest BCUT2D eigenvalue weighted by Gasteiger charge is -2.19. The number of fused-ring (bicyclic) bond motifs is 1. The van der Waals surface area contributed by atoms with E-state index in [9.17, 15) is 22.6 Å². The second-order valence-corrected chi connectivity index (χ2v) is 6.29. The second kappa shape index (κ2) is 4.75. The smallest absolute Gasteiger partial charge is 0.282 e. The third kappa shape index (κ3) is 2.11. The fraction of sp³-hybridized carbons (Fsp3) is 0.0667. The first kappa shape index (κ1) is 14.4. The van der Waals surface area contributed by atoms with Gasteiger partial charge in [0.1, 0.15) is 4.90 Å². The second-order valence-electron chi connectivity index (χ2n) is 4.90. The molecule has 0 radical (unpaired) electrons. The van der Waals surface area contributed by atoms with Crippen LogP contribution in [0.15, 0.2) is 47.4 Å². The van der Waals surface area contributed by atoms with Gasteiger partial charge in [-0.25, -0.2) is 4.90 Å². The summed E-state index contributed by atoms with van der Waals surface area (Å²) >= 11 is 0. The van der Waals surface area contributed by atoms with E-state index < -0.39 is 21.9 Å². The van der Waals surface area contributed by atoms with Gasteiger partial charge in [0.2, 0.25) is 0 Å². The van der Waals surface area contributed by atoms with E-state index in [2.05, 4.69) is 0 Å². The lowest BCUT2D eigenvalue weighted by molar-refractivity contribution is -0.119. The van der Waals surface area contributed by atoms with E-state index in [1.165, 1.54) is 18.2 Å². The van der Waals surface area contributed by atoms with Gasteiger partial charge in [0.25, 0.3) is 21.9 Å². The van der Waals surface area contributed by atoms with Gasteiger partial charge in [-0.1, -0.05) is 24.3 Å². The zero-order chi connectivity index (χ0) is 16.1. The number of hydrogen-bond donors (Lipinski definition) is 1. The number of hydrogen-bond acceptors (Lipinski definition) is 4. The molecule has 0 unspecified atom stereocenters. The summed E-state index contributed by atoms with van der Waals surface area (Å²) in [5.41, 5.74) is 0.966. The van der Waals surface area contributed by atoms with E-state index >= 15 is 0 Å². The molecule has 0 spiro atoms. The van der Waals surface area contributed by atoms with Crippen LogP contribution in [0.1, 0.15) is 5.56 Å². The zero-order valence-electron chi connectivity index (χ0n) is 11.5. The molecule has 0 aromatic heterocycles. The Kier molecular flexibility index (Phi) is 3.12. The van der Waals surface area contributed by atoms with Crippen molar-refractivity contribution in [1.29, 1.82) is 0 Å². The predicted octanol–water partition coefficient (Wildman–Crippen LogP) is 1.82. The molecule has 2 aromatic carbocycles. The molecule has 1 aliphatic rings. The number of carbonyl (C=O) groups is 2. The van der Waals surface area contributed by atoms with Crippen LogP contribution in [0.4, 0.5) is 5.69 Å². The van der Waals surface area contributed by atoms with Crippen molar-refractivity contribution in [1.82, 2.24) is 0 Å². The molecule has 0 aliphatic carbocycles. The maximum absolute atomic E-state index is 11.9. The normalized spacial score (nSPS) is 15.1. The van der Waals surface area contributed by atoms with Crippen LogP contribution in [0, 0.1) is 6.92 Å². The maximum Gasteiger partial charge on any atom is 0.295 e. The van der Waals surface area contributed by atoms with Crippen LogP contribution >= 0.6 is 0 Å². The highest BCUT2D eigenvalue weighted by Crippen LogP contribution is 2.35. The van der Waals surface area contributed by atoms with Gasteiger partial charge in [0, 0.05) is 22.9 Å². The summed E-state index contributed by atoms with van der Waals surface area (Å²) in [4.78, 5) is 24.6. The number of aryl methyl sites for hydroxylation is 1. The molecule has 112 valence electrons. The van der Waals surface area contributed by atoms with Crippen LogP contribution in [-0.2, 0) is 19.7 Å². The van der Waals surface area contributed by atoms with Crippen LogP contribution in [0.3, 0.4) is 0 Å². The molecular weight excluding hydrogens is 306 g/mol. The van der Waals surface area contributed by atoms with Crippen LogP contribution in [0.5, 0.6) is 0 Å². The summed E-state index contributed by atoms with van der Waals surface area (Å²) in [5.74, 6) is -0.976. The summed E-state index contributed by atoms with van der Waals surface area (Å²) in [7, 11) is -4.41. The highest BCUT2D eigenvalue weighted by atomic mass is 32.2. The quantitative estimate of drug-likeness (QED) is 0.674. The first-order valence-corrected chi connectivity index (χ1v) is 7.80. The van der Waals surface area contributed by atoms with Gasteiger partial charge < -0.3 is 0 Å². The van der Waals surface area contributed by atoms with Crippen LogP contribution in [-0.4, -0.2) is 24.8 Å². The van der Waals surface area contributed by atoms with Crippen molar-refractivity contribution in [3.8, 4) is 0 Å². The number of benzene rings is 2. The molecule has 0 saturated heterocycles. The molecule has 1 aliphatic heterocycles. The van der Waals surface area contributed by atoms with E-state index in [0.29, 0.717) is 16.6 Å². The predicted molar refractivity (Wildman–Crippen MR) is 80.1 cm³/mol. The van der Waals surface area contributed by atoms with Crippen molar-refractivity contribution >= 4 is 38.4 Å². The Hall–Kier alpha value is -2.51. The third-order valence-corrected chi connectivity index (χ3v) is 4.42. The molecule has 1 N–H and O–H groups in total. The van der Waals surface area contributed by atoms with Crippen molar-refractivity contribution in [2.45, 2.75) is 11.8 Å². The number of amides is 2. The number of carbonyl (C=O) groups excluding carboxylic acids is 2. The summed E-state index contributed by atoms with van der Waals surface area (Å²) in [6.45, 7) is 1.72. The van der Waals surface area contributed by atoms with Crippen LogP contribution < -0.4 is 4.90 Å². The van der Waals surface area contributed by atoms with E-state index in [-0.39, 0.29) is 10.3 Å². The van der Waals surface area contributed by atoms with Crippen molar-refractivity contribution in [3.63, 3.8) is 0 Å². The summed E-state index contributed by atoms with van der Waals surface area (Å²) in [6, 6.07) is 7.46. The molecule has 2 aromatic rings. The Bertz CT molecular complexity index is 941. The van der Waals surface area contributed by atoms with Crippen molar-refractivity contribution in [3.05, 3.63) is 48.0 Å². The Morgan fingerprint density at radius 2 is 1.59 bits per heavy atom. The monoisotopic (exact) mass is 317 g/mol. The first-order valence-electron chi connectivity index (χ1n) is 6.36. The lowest BCUT2D eigenvalue weighted by Crippen LogP contribution is -2.30. The minimum Gasteiger partial charge on any atom is -0.282 e. The van der Waals surface area contributed by atoms with E-state index in [1.807, 2.05) is 0 Å². The molecule has 3 rings (SSSR count). The highest BCUT2D eigenvalue weighted by molar-refractivity contribution is 7.86. The van der Waals surface area contributed by atoms with Crippen LogP contribution in [0.25, 0.3) is 10.8 Å². The Morgan fingerprint density at radius 1 is 0.955 bits per heavy atom. The molecule has 7 heteroatoms. The van der Waals surface area contributed by atoms with Crippen molar-refractivity contribution in [2.75, 3.05) is 4.90 Å². The van der Waals surface area contributed by atoms with E-state index in [4.69, 9.17) is 0 Å². The topological polar surface area (TPSA) is 91.8 Å². The van der Waals surface area contributed by atoms with Crippen molar-refractivity contribution in [2.24, 2.45) is 0 Å². The molecule has 0 fully saturated rings. The highest BCUT2D eigenvalue weighted by Gasteiger charge is 2.28. The molecule has 2 amide bonds. The van der Waals surface area contributed by atoms with Gasteiger partial charge in [-0.15, -0.1) is 0 Å². The molecule has 22 heavy (non-hydrogen) atoms. The fourth-order valence-corrected chi connectivity index (χ4v) is 3.27. The molecule has 0 saturated carbocycles. The molecule has 1 heterocycles. The van der Waals surface area contributed by atoms with E-state index in [1.54, 1.807) is 19.1 Å². The zero-order valence-corrected chi connectivity index (χ0v) is 12.3. The fourth-order valence-electron chi connectivity index (χ4n) is 2.56. The molecule has 0 atom stereocenters. The molecule has 0 bridgehead atoms. The van der Waals surface area contributed by atoms with Crippen molar-refractivity contribution < 1.29 is 22.6 Å². The number of rotatable bonds is 2. The first-order chi connectivity index (χ1) is 10.3. The number of anilines is 1.